The van der Waals surface area contributed by atoms with Crippen molar-refractivity contribution in [2.45, 2.75) is 0 Å². The van der Waals surface area contributed by atoms with Crippen LogP contribution in [0.15, 0.2) is 206 Å². The highest BCUT2D eigenvalue weighted by molar-refractivity contribution is 6.10. The summed E-state index contributed by atoms with van der Waals surface area (Å²) in [5.41, 5.74) is 10.9. The number of para-hydroxylation sites is 1. The summed E-state index contributed by atoms with van der Waals surface area (Å²) in [7, 11) is 0. The van der Waals surface area contributed by atoms with Crippen LogP contribution in [0.1, 0.15) is 5.48 Å². The van der Waals surface area contributed by atoms with Crippen molar-refractivity contribution in [3.63, 3.8) is 0 Å². The quantitative estimate of drug-likeness (QED) is 0.166. The van der Waals surface area contributed by atoms with E-state index in [1.807, 2.05) is 126 Å². The van der Waals surface area contributed by atoms with Crippen molar-refractivity contribution < 1.29 is 5.48 Å². The molecule has 8 aromatic carbocycles. The van der Waals surface area contributed by atoms with Crippen LogP contribution in [0.4, 0.5) is 0 Å². The molecule has 0 aliphatic heterocycles. The average Bonchev–Trinajstić information content (AvgIpc) is 3.66. The maximum absolute atomic E-state index is 9.11. The van der Waals surface area contributed by atoms with Gasteiger partial charge in [0.25, 0.3) is 0 Å². The Kier molecular flexibility index (Phi) is 7.08. The maximum atomic E-state index is 9.11. The number of aromatic nitrogens is 4. The van der Waals surface area contributed by atoms with Gasteiger partial charge in [-0.25, -0.2) is 15.0 Å². The van der Waals surface area contributed by atoms with Gasteiger partial charge in [-0.3, -0.25) is 0 Å². The minimum Gasteiger partial charge on any atom is -0.309 e. The first-order chi connectivity index (χ1) is 28.9. The first kappa shape index (κ1) is 28.1. The molecule has 0 fully saturated rings. The summed E-state index contributed by atoms with van der Waals surface area (Å²) >= 11 is 0. The number of hydrogen-bond donors (Lipinski definition) is 0. The molecule has 0 aliphatic rings. The van der Waals surface area contributed by atoms with Gasteiger partial charge in [0, 0.05) is 33.2 Å². The summed E-state index contributed by atoms with van der Waals surface area (Å²) in [6.45, 7) is 0. The fraction of sp³-hybridized carbons (Fsp3) is 0. The lowest BCUT2D eigenvalue weighted by molar-refractivity contribution is 1.07. The van der Waals surface area contributed by atoms with Gasteiger partial charge in [0.15, 0.2) is 17.5 Å². The first-order valence-corrected chi connectivity index (χ1v) is 18.2. The van der Waals surface area contributed by atoms with Gasteiger partial charge in [-0.2, -0.15) is 0 Å². The molecule has 258 valence electrons. The second-order valence-electron chi connectivity index (χ2n) is 13.4. The summed E-state index contributed by atoms with van der Waals surface area (Å²) in [5, 5.41) is 1.25. The zero-order valence-corrected chi connectivity index (χ0v) is 29.6. The molecule has 55 heavy (non-hydrogen) atoms. The van der Waals surface area contributed by atoms with Crippen molar-refractivity contribution >= 4 is 21.8 Å². The Bertz CT molecular complexity index is 3110. The van der Waals surface area contributed by atoms with Crippen LogP contribution in [-0.4, -0.2) is 19.5 Å². The van der Waals surface area contributed by atoms with E-state index in [1.165, 1.54) is 0 Å². The standard InChI is InChI=1S/C51H34N4/c1-4-13-35(14-5-1)36-23-25-38(26-24-36)43-31-32-46-45-21-10-11-22-47(45)55(48(46)34-43)44-20-12-19-42(33-44)37-27-29-41(30-28-37)51-53-49(39-15-6-2-7-16-39)52-50(54-51)40-17-8-3-9-18-40/h1-34H/i10D,11D,21D,22D. The number of rotatable bonds is 7. The molecule has 10 aromatic rings. The molecular weight excluding hydrogens is 669 g/mol. The largest absolute Gasteiger partial charge is 0.309 e. The highest BCUT2D eigenvalue weighted by Crippen LogP contribution is 2.36. The molecule has 0 atom stereocenters. The Morgan fingerprint density at radius 2 is 0.745 bits per heavy atom. The monoisotopic (exact) mass is 706 g/mol. The molecule has 0 bridgehead atoms. The number of fused-ring (bicyclic) bond motifs is 3. The van der Waals surface area contributed by atoms with E-state index in [4.69, 9.17) is 20.4 Å². The van der Waals surface area contributed by atoms with Crippen LogP contribution < -0.4 is 0 Å². The third-order valence-corrected chi connectivity index (χ3v) is 10.0. The predicted molar refractivity (Wildman–Crippen MR) is 227 cm³/mol. The SMILES string of the molecule is [2H]c1c([2H])c([2H])c2c(c1[2H])c1ccc(-c3ccc(-c4ccccc4)cc3)cc1n2-c1cccc(-c2ccc(-c3nc(-c4ccccc4)nc(-c4ccccc4)n3)cc2)c1. The Labute approximate surface area is 325 Å². The van der Waals surface area contributed by atoms with Gasteiger partial charge in [-0.15, -0.1) is 0 Å². The molecule has 0 spiro atoms. The molecule has 4 heteroatoms. The van der Waals surface area contributed by atoms with E-state index in [2.05, 4.69) is 60.7 Å². The van der Waals surface area contributed by atoms with E-state index in [1.54, 1.807) is 0 Å². The lowest BCUT2D eigenvalue weighted by Crippen LogP contribution is -2.00. The molecule has 2 heterocycles. The number of nitrogens with zero attached hydrogens (tertiary/aromatic N) is 4. The first-order valence-electron chi connectivity index (χ1n) is 20.2. The van der Waals surface area contributed by atoms with Crippen LogP contribution in [0, 0.1) is 0 Å². The van der Waals surface area contributed by atoms with E-state index in [9.17, 15) is 0 Å². The third kappa shape index (κ3) is 6.16. The van der Waals surface area contributed by atoms with Crippen LogP contribution in [0.25, 0.3) is 95.0 Å². The van der Waals surface area contributed by atoms with Crippen molar-refractivity contribution in [2.75, 3.05) is 0 Å². The van der Waals surface area contributed by atoms with E-state index in [-0.39, 0.29) is 24.2 Å². The van der Waals surface area contributed by atoms with E-state index < -0.39 is 0 Å². The zero-order valence-electron chi connectivity index (χ0n) is 33.6. The second kappa shape index (κ2) is 13.8. The van der Waals surface area contributed by atoms with Crippen LogP contribution in [0.5, 0.6) is 0 Å². The number of hydrogen-bond acceptors (Lipinski definition) is 3. The van der Waals surface area contributed by atoms with Crippen LogP contribution in [0.2, 0.25) is 0 Å². The van der Waals surface area contributed by atoms with Crippen molar-refractivity contribution in [3.05, 3.63) is 206 Å². The molecule has 4 nitrogen and oxygen atoms in total. The van der Waals surface area contributed by atoms with Gasteiger partial charge < -0.3 is 4.57 Å². The van der Waals surface area contributed by atoms with Gasteiger partial charge in [0.05, 0.1) is 16.5 Å². The highest BCUT2D eigenvalue weighted by Gasteiger charge is 2.15. The molecule has 0 unspecified atom stereocenters. The molecular formula is C51H34N4. The summed E-state index contributed by atoms with van der Waals surface area (Å²) < 4.78 is 37.2. The van der Waals surface area contributed by atoms with Crippen LogP contribution in [0.3, 0.4) is 0 Å². The van der Waals surface area contributed by atoms with E-state index in [0.29, 0.717) is 28.4 Å². The number of benzene rings is 8. The van der Waals surface area contributed by atoms with Crippen molar-refractivity contribution in [1.29, 1.82) is 0 Å². The van der Waals surface area contributed by atoms with Crippen molar-refractivity contribution in [1.82, 2.24) is 19.5 Å². The highest BCUT2D eigenvalue weighted by atomic mass is 15.0. The molecule has 0 saturated heterocycles. The molecule has 0 N–H and O–H groups in total. The van der Waals surface area contributed by atoms with Crippen LogP contribution in [-0.2, 0) is 0 Å². The fourth-order valence-corrected chi connectivity index (χ4v) is 7.22. The van der Waals surface area contributed by atoms with Gasteiger partial charge in [0.1, 0.15) is 0 Å². The Morgan fingerprint density at radius 3 is 1.33 bits per heavy atom. The molecule has 0 radical (unpaired) electrons. The molecule has 0 saturated carbocycles. The summed E-state index contributed by atoms with van der Waals surface area (Å²) in [6.07, 6.45) is 0. The molecule has 2 aromatic heterocycles. The Balaban J connectivity index is 1.07. The summed E-state index contributed by atoms with van der Waals surface area (Å²) in [5.74, 6) is 1.77. The van der Waals surface area contributed by atoms with E-state index >= 15 is 0 Å². The van der Waals surface area contributed by atoms with Gasteiger partial charge in [0.2, 0.25) is 0 Å². The van der Waals surface area contributed by atoms with Crippen LogP contribution >= 0.6 is 0 Å². The average molecular weight is 707 g/mol. The third-order valence-electron chi connectivity index (χ3n) is 10.0. The summed E-state index contributed by atoms with van der Waals surface area (Å²) in [6, 6.07) is 60.2. The maximum Gasteiger partial charge on any atom is 0.164 e. The fourth-order valence-electron chi connectivity index (χ4n) is 7.22. The molecule has 0 amide bonds. The Hall–Kier alpha value is -7.43. The van der Waals surface area contributed by atoms with Gasteiger partial charge >= 0.3 is 0 Å². The minimum absolute atomic E-state index is 0.0550. The van der Waals surface area contributed by atoms with E-state index in [0.717, 1.165) is 66.7 Å². The zero-order chi connectivity index (χ0) is 40.0. The van der Waals surface area contributed by atoms with Gasteiger partial charge in [-0.05, 0) is 57.6 Å². The van der Waals surface area contributed by atoms with Crippen molar-refractivity contribution in [2.24, 2.45) is 0 Å². The normalized spacial score (nSPS) is 12.3. The summed E-state index contributed by atoms with van der Waals surface area (Å²) in [4.78, 5) is 14.6. The Morgan fingerprint density at radius 1 is 0.327 bits per heavy atom. The smallest absolute Gasteiger partial charge is 0.164 e. The van der Waals surface area contributed by atoms with Crippen molar-refractivity contribution in [3.8, 4) is 73.2 Å². The predicted octanol–water partition coefficient (Wildman–Crippen LogP) is 13.0. The molecule has 0 aliphatic carbocycles. The lowest BCUT2D eigenvalue weighted by atomic mass is 9.99. The second-order valence-corrected chi connectivity index (χ2v) is 13.4. The minimum atomic E-state index is -0.265. The van der Waals surface area contributed by atoms with Gasteiger partial charge in [-0.1, -0.05) is 182 Å². The topological polar surface area (TPSA) is 43.6 Å². The lowest BCUT2D eigenvalue weighted by Gasteiger charge is -2.12. The molecule has 10 rings (SSSR count).